The van der Waals surface area contributed by atoms with Crippen molar-refractivity contribution in [3.05, 3.63) is 70.2 Å². The standard InChI is InChI=1S/C16H9ClN4O2/c17-11-6-4-10(5-7-11)14-19-20-15(23-14)12-9-18-13-3-1-2-8-21(13)16(12)22/h1-9H. The highest BCUT2D eigenvalue weighted by Gasteiger charge is 2.15. The van der Waals surface area contributed by atoms with E-state index in [1.54, 1.807) is 42.6 Å². The van der Waals surface area contributed by atoms with Crippen LogP contribution in [-0.2, 0) is 0 Å². The number of rotatable bonds is 2. The fourth-order valence-electron chi connectivity index (χ4n) is 2.21. The molecular weight excluding hydrogens is 316 g/mol. The van der Waals surface area contributed by atoms with Crippen molar-refractivity contribution in [2.75, 3.05) is 0 Å². The van der Waals surface area contributed by atoms with E-state index in [-0.39, 0.29) is 17.0 Å². The zero-order valence-corrected chi connectivity index (χ0v) is 12.4. The van der Waals surface area contributed by atoms with Crippen LogP contribution in [0.1, 0.15) is 0 Å². The van der Waals surface area contributed by atoms with Gasteiger partial charge < -0.3 is 4.42 Å². The van der Waals surface area contributed by atoms with Gasteiger partial charge in [0.15, 0.2) is 0 Å². The van der Waals surface area contributed by atoms with E-state index in [2.05, 4.69) is 15.2 Å². The van der Waals surface area contributed by atoms with E-state index in [1.165, 1.54) is 10.6 Å². The van der Waals surface area contributed by atoms with Crippen molar-refractivity contribution in [2.24, 2.45) is 0 Å². The van der Waals surface area contributed by atoms with Gasteiger partial charge in [0.1, 0.15) is 11.2 Å². The van der Waals surface area contributed by atoms with E-state index in [1.807, 2.05) is 6.07 Å². The number of pyridine rings is 1. The molecular formula is C16H9ClN4O2. The molecule has 0 bridgehead atoms. The molecule has 4 rings (SSSR count). The van der Waals surface area contributed by atoms with Crippen LogP contribution in [0, 0.1) is 0 Å². The number of benzene rings is 1. The first kappa shape index (κ1) is 13.7. The van der Waals surface area contributed by atoms with Crippen molar-refractivity contribution in [3.63, 3.8) is 0 Å². The minimum absolute atomic E-state index is 0.130. The molecule has 0 aliphatic carbocycles. The molecule has 0 amide bonds. The Kier molecular flexibility index (Phi) is 3.17. The van der Waals surface area contributed by atoms with Crippen LogP contribution in [0.25, 0.3) is 28.6 Å². The SMILES string of the molecule is O=c1c(-c2nnc(-c3ccc(Cl)cc3)o2)cnc2ccccn12. The van der Waals surface area contributed by atoms with Gasteiger partial charge in [0.2, 0.25) is 5.89 Å². The van der Waals surface area contributed by atoms with E-state index in [0.29, 0.717) is 16.6 Å². The fourth-order valence-corrected chi connectivity index (χ4v) is 2.34. The second kappa shape index (κ2) is 5.33. The second-order valence-electron chi connectivity index (χ2n) is 4.83. The summed E-state index contributed by atoms with van der Waals surface area (Å²) >= 11 is 5.86. The van der Waals surface area contributed by atoms with Crippen molar-refractivity contribution in [1.29, 1.82) is 0 Å². The number of hydrogen-bond acceptors (Lipinski definition) is 5. The van der Waals surface area contributed by atoms with Crippen molar-refractivity contribution in [2.45, 2.75) is 0 Å². The van der Waals surface area contributed by atoms with Crippen molar-refractivity contribution in [1.82, 2.24) is 19.6 Å². The number of fused-ring (bicyclic) bond motifs is 1. The molecule has 1 aromatic carbocycles. The van der Waals surface area contributed by atoms with Crippen molar-refractivity contribution >= 4 is 17.2 Å². The van der Waals surface area contributed by atoms with Gasteiger partial charge in [0.25, 0.3) is 11.4 Å². The first-order valence-electron chi connectivity index (χ1n) is 6.78. The Balaban J connectivity index is 1.82. The predicted octanol–water partition coefficient (Wildman–Crippen LogP) is 3.06. The Bertz CT molecular complexity index is 1050. The van der Waals surface area contributed by atoms with Crippen LogP contribution in [0.3, 0.4) is 0 Å². The Hall–Kier alpha value is -2.99. The van der Waals surface area contributed by atoms with Gasteiger partial charge in [0.05, 0.1) is 0 Å². The normalized spacial score (nSPS) is 11.0. The lowest BCUT2D eigenvalue weighted by atomic mass is 10.2. The minimum Gasteiger partial charge on any atom is -0.416 e. The van der Waals surface area contributed by atoms with Gasteiger partial charge in [-0.2, -0.15) is 0 Å². The summed E-state index contributed by atoms with van der Waals surface area (Å²) in [5, 5.41) is 8.54. The third kappa shape index (κ3) is 2.39. The van der Waals surface area contributed by atoms with Gasteiger partial charge in [-0.3, -0.25) is 9.20 Å². The molecule has 0 radical (unpaired) electrons. The largest absolute Gasteiger partial charge is 0.416 e. The Morgan fingerprint density at radius 3 is 2.61 bits per heavy atom. The predicted molar refractivity (Wildman–Crippen MR) is 85.2 cm³/mol. The Labute approximate surface area is 135 Å². The average molecular weight is 325 g/mol. The van der Waals surface area contributed by atoms with Gasteiger partial charge in [-0.1, -0.05) is 17.7 Å². The number of nitrogens with zero attached hydrogens (tertiary/aromatic N) is 4. The third-order valence-electron chi connectivity index (χ3n) is 3.36. The maximum atomic E-state index is 12.5. The molecule has 0 aliphatic heterocycles. The number of halogens is 1. The lowest BCUT2D eigenvalue weighted by Gasteiger charge is -2.00. The molecule has 3 heterocycles. The minimum atomic E-state index is -0.262. The molecule has 3 aromatic heterocycles. The van der Waals surface area contributed by atoms with Crippen LogP contribution < -0.4 is 5.56 Å². The van der Waals surface area contributed by atoms with Crippen LogP contribution in [0.2, 0.25) is 5.02 Å². The van der Waals surface area contributed by atoms with Gasteiger partial charge in [0, 0.05) is 23.0 Å². The molecule has 0 atom stereocenters. The number of aromatic nitrogens is 4. The molecule has 0 fully saturated rings. The quantitative estimate of drug-likeness (QED) is 0.566. The summed E-state index contributed by atoms with van der Waals surface area (Å²) in [5.41, 5.74) is 1.27. The summed E-state index contributed by atoms with van der Waals surface area (Å²) < 4.78 is 7.04. The summed E-state index contributed by atoms with van der Waals surface area (Å²) in [4.78, 5) is 16.7. The van der Waals surface area contributed by atoms with Crippen LogP contribution in [-0.4, -0.2) is 19.6 Å². The molecule has 0 saturated heterocycles. The van der Waals surface area contributed by atoms with E-state index in [0.717, 1.165) is 5.56 Å². The molecule has 23 heavy (non-hydrogen) atoms. The number of hydrogen-bond donors (Lipinski definition) is 0. The first-order chi connectivity index (χ1) is 11.2. The monoisotopic (exact) mass is 324 g/mol. The summed E-state index contributed by atoms with van der Waals surface area (Å²) in [6, 6.07) is 12.3. The summed E-state index contributed by atoms with van der Waals surface area (Å²) in [7, 11) is 0. The highest BCUT2D eigenvalue weighted by Crippen LogP contribution is 2.23. The van der Waals surface area contributed by atoms with Gasteiger partial charge in [-0.15, -0.1) is 10.2 Å². The highest BCUT2D eigenvalue weighted by molar-refractivity contribution is 6.30. The van der Waals surface area contributed by atoms with Gasteiger partial charge in [-0.05, 0) is 36.4 Å². The third-order valence-corrected chi connectivity index (χ3v) is 3.61. The summed E-state index contributed by atoms with van der Waals surface area (Å²) in [6.07, 6.45) is 3.08. The smallest absolute Gasteiger partial charge is 0.270 e. The van der Waals surface area contributed by atoms with Crippen LogP contribution in [0.5, 0.6) is 0 Å². The molecule has 6 nitrogen and oxygen atoms in total. The van der Waals surface area contributed by atoms with Crippen LogP contribution >= 0.6 is 11.6 Å². The molecule has 0 unspecified atom stereocenters. The zero-order valence-electron chi connectivity index (χ0n) is 11.7. The van der Waals surface area contributed by atoms with E-state index < -0.39 is 0 Å². The molecule has 0 aliphatic rings. The van der Waals surface area contributed by atoms with E-state index >= 15 is 0 Å². The lowest BCUT2D eigenvalue weighted by molar-refractivity contribution is 0.583. The molecule has 0 saturated carbocycles. The molecule has 0 spiro atoms. The zero-order chi connectivity index (χ0) is 15.8. The maximum Gasteiger partial charge on any atom is 0.270 e. The average Bonchev–Trinajstić information content (AvgIpc) is 3.06. The molecule has 7 heteroatoms. The lowest BCUT2D eigenvalue weighted by Crippen LogP contribution is -2.16. The second-order valence-corrected chi connectivity index (χ2v) is 5.26. The molecule has 4 aromatic rings. The molecule has 0 N–H and O–H groups in total. The van der Waals surface area contributed by atoms with Crippen LogP contribution in [0.15, 0.2) is 64.1 Å². The Morgan fingerprint density at radius 2 is 1.78 bits per heavy atom. The highest BCUT2D eigenvalue weighted by atomic mass is 35.5. The van der Waals surface area contributed by atoms with Crippen molar-refractivity contribution < 1.29 is 4.42 Å². The summed E-state index contributed by atoms with van der Waals surface area (Å²) in [5.74, 6) is 0.444. The van der Waals surface area contributed by atoms with Crippen LogP contribution in [0.4, 0.5) is 0 Å². The maximum absolute atomic E-state index is 12.5. The van der Waals surface area contributed by atoms with Gasteiger partial charge >= 0.3 is 0 Å². The summed E-state index contributed by atoms with van der Waals surface area (Å²) in [6.45, 7) is 0. The van der Waals surface area contributed by atoms with Gasteiger partial charge in [-0.25, -0.2) is 4.98 Å². The fraction of sp³-hybridized carbons (Fsp3) is 0. The Morgan fingerprint density at radius 1 is 1.00 bits per heavy atom. The van der Waals surface area contributed by atoms with E-state index in [4.69, 9.17) is 16.0 Å². The topological polar surface area (TPSA) is 73.3 Å². The first-order valence-corrected chi connectivity index (χ1v) is 7.16. The van der Waals surface area contributed by atoms with E-state index in [9.17, 15) is 4.79 Å². The molecule has 112 valence electrons. The van der Waals surface area contributed by atoms with Crippen molar-refractivity contribution in [3.8, 4) is 22.9 Å².